The summed E-state index contributed by atoms with van der Waals surface area (Å²) in [5, 5.41) is 35.6. The zero-order valence-corrected chi connectivity index (χ0v) is 17.6. The monoisotopic (exact) mass is 388 g/mol. The number of hydrogen-bond donors (Lipinski definition) is 5. The molecular weight excluding hydrogens is 348 g/mol. The van der Waals surface area contributed by atoms with Gasteiger partial charge in [-0.05, 0) is 57.9 Å². The Morgan fingerprint density at radius 1 is 1.26 bits per heavy atom. The van der Waals surface area contributed by atoms with Crippen LogP contribution in [0.3, 0.4) is 0 Å². The highest BCUT2D eigenvalue weighted by Crippen LogP contribution is 2.32. The molecule has 0 radical (unpaired) electrons. The van der Waals surface area contributed by atoms with Crippen molar-refractivity contribution in [3.63, 3.8) is 0 Å². The summed E-state index contributed by atoms with van der Waals surface area (Å²) in [5.41, 5.74) is 3.34. The first-order chi connectivity index (χ1) is 12.4. The highest BCUT2D eigenvalue weighted by atomic mass is 16.6. The van der Waals surface area contributed by atoms with Gasteiger partial charge in [0, 0.05) is 12.6 Å². The van der Waals surface area contributed by atoms with Gasteiger partial charge in [-0.3, -0.25) is 4.79 Å². The van der Waals surface area contributed by atoms with Crippen LogP contribution in [0.15, 0.2) is 0 Å². The summed E-state index contributed by atoms with van der Waals surface area (Å²) in [6.45, 7) is 10.0. The summed E-state index contributed by atoms with van der Waals surface area (Å²) in [6.07, 6.45) is 0.162. The molecule has 1 heterocycles. The van der Waals surface area contributed by atoms with Gasteiger partial charge in [-0.15, -0.1) is 0 Å². The fraction of sp³-hybridized carbons (Fsp3) is 0.950. The van der Waals surface area contributed by atoms with Gasteiger partial charge in [0.1, 0.15) is 6.10 Å². The fourth-order valence-electron chi connectivity index (χ4n) is 4.10. The minimum atomic E-state index is -1.46. The van der Waals surface area contributed by atoms with E-state index < -0.39 is 29.4 Å². The van der Waals surface area contributed by atoms with E-state index in [1.807, 2.05) is 13.8 Å². The first-order valence-electron chi connectivity index (χ1n) is 10.2. The van der Waals surface area contributed by atoms with E-state index >= 15 is 0 Å². The maximum atomic E-state index is 12.4. The van der Waals surface area contributed by atoms with Gasteiger partial charge in [0.25, 0.3) is 0 Å². The van der Waals surface area contributed by atoms with Gasteiger partial charge < -0.3 is 31.1 Å². The summed E-state index contributed by atoms with van der Waals surface area (Å²) < 4.78 is 5.46. The number of nitrogens with two attached hydrogens (primary N) is 1. The first kappa shape index (κ1) is 24.3. The van der Waals surface area contributed by atoms with E-state index in [-0.39, 0.29) is 30.8 Å². The van der Waals surface area contributed by atoms with Crippen LogP contribution >= 0.6 is 0 Å². The quantitative estimate of drug-likeness (QED) is 0.446. The highest BCUT2D eigenvalue weighted by molar-refractivity contribution is 5.71. The summed E-state index contributed by atoms with van der Waals surface area (Å²) >= 11 is 0. The van der Waals surface area contributed by atoms with Gasteiger partial charge in [0.15, 0.2) is 0 Å². The molecule has 0 aromatic carbocycles. The molecule has 1 rings (SSSR count). The van der Waals surface area contributed by atoms with Gasteiger partial charge in [0.2, 0.25) is 0 Å². The Morgan fingerprint density at radius 2 is 1.89 bits per heavy atom. The smallest absolute Gasteiger partial charge is 0.309 e. The standard InChI is InChI=1S/C20H40N2O5/c1-6-17-16(23)7-15(4)22-11-13(2)8-19(5,25)9-14(3)20(26,12-21)10-18(24)27-17/h13-17,22-23,25-26H,6-12,21H2,1-5H3/t13-,14-,15-,16+,17-,19+,20-/m1/s1. The predicted molar refractivity (Wildman–Crippen MR) is 105 cm³/mol. The number of ether oxygens (including phenoxy) is 1. The van der Waals surface area contributed by atoms with E-state index in [0.717, 1.165) is 0 Å². The second-order valence-electron chi connectivity index (χ2n) is 8.94. The third-order valence-corrected chi connectivity index (χ3v) is 5.78. The molecule has 0 bridgehead atoms. The average Bonchev–Trinajstić information content (AvgIpc) is 2.55. The predicted octanol–water partition coefficient (Wildman–Crippen LogP) is 0.934. The zero-order chi connectivity index (χ0) is 20.8. The molecule has 1 fully saturated rings. The second kappa shape index (κ2) is 10.2. The summed E-state index contributed by atoms with van der Waals surface area (Å²) in [4.78, 5) is 12.4. The lowest BCUT2D eigenvalue weighted by atomic mass is 9.76. The van der Waals surface area contributed by atoms with Crippen molar-refractivity contribution >= 4 is 5.97 Å². The Hall–Kier alpha value is -0.730. The number of aliphatic hydroxyl groups is 3. The van der Waals surface area contributed by atoms with Gasteiger partial charge in [-0.2, -0.15) is 0 Å². The van der Waals surface area contributed by atoms with Crippen LogP contribution < -0.4 is 11.1 Å². The second-order valence-corrected chi connectivity index (χ2v) is 8.94. The summed E-state index contributed by atoms with van der Waals surface area (Å²) in [6, 6.07) is 0.0465. The Morgan fingerprint density at radius 3 is 2.44 bits per heavy atom. The summed E-state index contributed by atoms with van der Waals surface area (Å²) in [5.74, 6) is -0.758. The minimum absolute atomic E-state index is 0.0465. The lowest BCUT2D eigenvalue weighted by Gasteiger charge is -2.37. The molecule has 0 spiro atoms. The lowest BCUT2D eigenvalue weighted by molar-refractivity contribution is -0.164. The van der Waals surface area contributed by atoms with Gasteiger partial charge in [-0.1, -0.05) is 20.8 Å². The summed E-state index contributed by atoms with van der Waals surface area (Å²) in [7, 11) is 0. The maximum absolute atomic E-state index is 12.4. The van der Waals surface area contributed by atoms with E-state index in [9.17, 15) is 20.1 Å². The number of carbonyl (C=O) groups excluding carboxylic acids is 1. The van der Waals surface area contributed by atoms with Crippen molar-refractivity contribution in [2.75, 3.05) is 13.1 Å². The molecule has 0 aromatic heterocycles. The third-order valence-electron chi connectivity index (χ3n) is 5.78. The normalized spacial score (nSPS) is 43.4. The van der Waals surface area contributed by atoms with Crippen molar-refractivity contribution in [3.8, 4) is 0 Å². The lowest BCUT2D eigenvalue weighted by Crippen LogP contribution is -2.49. The van der Waals surface area contributed by atoms with E-state index in [1.165, 1.54) is 0 Å². The minimum Gasteiger partial charge on any atom is -0.460 e. The Balaban J connectivity index is 3.07. The number of cyclic esters (lactones) is 1. The number of esters is 1. The van der Waals surface area contributed by atoms with Crippen molar-refractivity contribution in [1.82, 2.24) is 5.32 Å². The molecule has 7 atom stereocenters. The van der Waals surface area contributed by atoms with Gasteiger partial charge in [-0.25, -0.2) is 0 Å². The zero-order valence-electron chi connectivity index (χ0n) is 17.6. The number of nitrogens with one attached hydrogen (secondary N) is 1. The largest absolute Gasteiger partial charge is 0.460 e. The molecule has 0 amide bonds. The van der Waals surface area contributed by atoms with E-state index in [2.05, 4.69) is 12.2 Å². The van der Waals surface area contributed by atoms with Crippen molar-refractivity contribution in [2.45, 2.75) is 96.2 Å². The molecule has 0 saturated carbocycles. The molecule has 0 unspecified atom stereocenters. The number of hydrogen-bond acceptors (Lipinski definition) is 7. The van der Waals surface area contributed by atoms with E-state index in [1.54, 1.807) is 13.8 Å². The Bertz CT molecular complexity index is 473. The number of aliphatic hydroxyl groups excluding tert-OH is 1. The van der Waals surface area contributed by atoms with Crippen LogP contribution in [0.5, 0.6) is 0 Å². The molecule has 6 N–H and O–H groups in total. The molecule has 160 valence electrons. The molecule has 1 saturated heterocycles. The SMILES string of the molecule is CC[C@H]1OC(=O)C[C@@](O)(CN)[C@H](C)C[C@@](C)(O)C[C@@H](C)CN[C@H](C)C[C@@H]1O. The van der Waals surface area contributed by atoms with E-state index in [4.69, 9.17) is 10.5 Å². The van der Waals surface area contributed by atoms with Crippen molar-refractivity contribution in [3.05, 3.63) is 0 Å². The molecule has 27 heavy (non-hydrogen) atoms. The average molecular weight is 389 g/mol. The molecule has 1 aliphatic heterocycles. The van der Waals surface area contributed by atoms with Crippen LogP contribution in [0.1, 0.15) is 66.7 Å². The van der Waals surface area contributed by atoms with Crippen molar-refractivity contribution in [1.29, 1.82) is 0 Å². The van der Waals surface area contributed by atoms with Crippen molar-refractivity contribution < 1.29 is 24.9 Å². The first-order valence-corrected chi connectivity index (χ1v) is 10.2. The van der Waals surface area contributed by atoms with E-state index in [0.29, 0.717) is 32.2 Å². The molecule has 0 aromatic rings. The highest BCUT2D eigenvalue weighted by Gasteiger charge is 2.40. The molecule has 1 aliphatic rings. The van der Waals surface area contributed by atoms with Gasteiger partial charge in [0.05, 0.1) is 23.7 Å². The molecule has 7 nitrogen and oxygen atoms in total. The van der Waals surface area contributed by atoms with Crippen LogP contribution in [0.2, 0.25) is 0 Å². The maximum Gasteiger partial charge on any atom is 0.309 e. The van der Waals surface area contributed by atoms with Crippen LogP contribution in [0.4, 0.5) is 0 Å². The van der Waals surface area contributed by atoms with Crippen LogP contribution in [-0.2, 0) is 9.53 Å². The third kappa shape index (κ3) is 7.66. The molecule has 0 aliphatic carbocycles. The molecule has 7 heteroatoms. The topological polar surface area (TPSA) is 125 Å². The van der Waals surface area contributed by atoms with Gasteiger partial charge >= 0.3 is 5.97 Å². The fourth-order valence-corrected chi connectivity index (χ4v) is 4.10. The van der Waals surface area contributed by atoms with Crippen molar-refractivity contribution in [2.24, 2.45) is 17.6 Å². The Labute approximate surface area is 163 Å². The Kier molecular flexibility index (Phi) is 9.15. The van der Waals surface area contributed by atoms with Crippen LogP contribution in [-0.4, -0.2) is 63.8 Å². The van der Waals surface area contributed by atoms with Crippen LogP contribution in [0, 0.1) is 11.8 Å². The van der Waals surface area contributed by atoms with Crippen LogP contribution in [0.25, 0.3) is 0 Å². The number of rotatable bonds is 2. The number of carbonyl (C=O) groups is 1. The molecular formula is C20H40N2O5.